The normalized spacial score (nSPS) is 33.3. The van der Waals surface area contributed by atoms with Gasteiger partial charge < -0.3 is 10.5 Å². The van der Waals surface area contributed by atoms with Crippen LogP contribution in [-0.4, -0.2) is 50.0 Å². The molecule has 0 amide bonds. The maximum absolute atomic E-state index is 12.8. The van der Waals surface area contributed by atoms with Crippen LogP contribution in [-0.2, 0) is 4.74 Å². The molecule has 124 valence electrons. The average Bonchev–Trinajstić information content (AvgIpc) is 2.47. The zero-order chi connectivity index (χ0) is 15.5. The van der Waals surface area contributed by atoms with Gasteiger partial charge in [-0.25, -0.2) is 0 Å². The van der Waals surface area contributed by atoms with Gasteiger partial charge in [-0.05, 0) is 57.5 Å². The molecule has 0 spiro atoms. The van der Waals surface area contributed by atoms with E-state index >= 15 is 0 Å². The van der Waals surface area contributed by atoms with Crippen molar-refractivity contribution in [2.75, 3.05) is 33.4 Å². The van der Waals surface area contributed by atoms with E-state index in [9.17, 15) is 13.2 Å². The molecule has 0 aromatic carbocycles. The predicted molar refractivity (Wildman–Crippen MR) is 76.0 cm³/mol. The summed E-state index contributed by atoms with van der Waals surface area (Å²) in [4.78, 5) is 2.35. The van der Waals surface area contributed by atoms with E-state index in [0.717, 1.165) is 32.5 Å². The minimum absolute atomic E-state index is 0.209. The van der Waals surface area contributed by atoms with Crippen molar-refractivity contribution in [3.63, 3.8) is 0 Å². The third-order valence-electron chi connectivity index (χ3n) is 5.45. The Hall–Kier alpha value is -0.330. The van der Waals surface area contributed by atoms with Crippen LogP contribution < -0.4 is 5.73 Å². The number of hydrogen-bond donors (Lipinski definition) is 1. The van der Waals surface area contributed by atoms with Gasteiger partial charge in [0.1, 0.15) is 0 Å². The fourth-order valence-corrected chi connectivity index (χ4v) is 3.94. The molecule has 1 saturated carbocycles. The Morgan fingerprint density at radius 2 is 1.71 bits per heavy atom. The van der Waals surface area contributed by atoms with Crippen molar-refractivity contribution >= 4 is 0 Å². The summed E-state index contributed by atoms with van der Waals surface area (Å²) in [7, 11) is 1.71. The largest absolute Gasteiger partial charge is 0.391 e. The molecule has 0 unspecified atom stereocenters. The molecule has 21 heavy (non-hydrogen) atoms. The fourth-order valence-electron chi connectivity index (χ4n) is 3.94. The minimum Gasteiger partial charge on any atom is -0.384 e. The number of hydrogen-bond acceptors (Lipinski definition) is 3. The van der Waals surface area contributed by atoms with E-state index in [1.165, 1.54) is 0 Å². The Morgan fingerprint density at radius 3 is 2.14 bits per heavy atom. The van der Waals surface area contributed by atoms with Crippen LogP contribution in [0.25, 0.3) is 0 Å². The third-order valence-corrected chi connectivity index (χ3v) is 5.45. The molecule has 1 saturated heterocycles. The number of methoxy groups -OCH3 is 1. The Kier molecular flexibility index (Phi) is 5.54. The first kappa shape index (κ1) is 17.0. The Labute approximate surface area is 125 Å². The molecule has 1 aliphatic heterocycles. The van der Waals surface area contributed by atoms with Crippen LogP contribution in [0, 0.1) is 11.8 Å². The summed E-state index contributed by atoms with van der Waals surface area (Å²) in [5.41, 5.74) is 5.76. The average molecular weight is 308 g/mol. The van der Waals surface area contributed by atoms with Gasteiger partial charge in [0.15, 0.2) is 0 Å². The SMILES string of the molecule is COCC1CCN(C2(CN)CCC(C(F)(F)F)CC2)CC1. The number of likely N-dealkylation sites (tertiary alicyclic amines) is 1. The molecule has 0 aromatic rings. The molecule has 2 N–H and O–H groups in total. The lowest BCUT2D eigenvalue weighted by Gasteiger charge is -2.50. The van der Waals surface area contributed by atoms with Crippen LogP contribution in [0.4, 0.5) is 13.2 Å². The van der Waals surface area contributed by atoms with Crippen molar-refractivity contribution in [1.29, 1.82) is 0 Å². The summed E-state index contributed by atoms with van der Waals surface area (Å²) in [6.07, 6.45) is -0.356. The van der Waals surface area contributed by atoms with E-state index in [4.69, 9.17) is 10.5 Å². The molecule has 2 aliphatic rings. The van der Waals surface area contributed by atoms with E-state index in [2.05, 4.69) is 4.90 Å². The van der Waals surface area contributed by atoms with Crippen molar-refractivity contribution in [2.45, 2.75) is 50.2 Å². The first-order chi connectivity index (χ1) is 9.91. The van der Waals surface area contributed by atoms with Crippen molar-refractivity contribution in [2.24, 2.45) is 17.6 Å². The van der Waals surface area contributed by atoms with Crippen LogP contribution in [0.5, 0.6) is 0 Å². The smallest absolute Gasteiger partial charge is 0.384 e. The van der Waals surface area contributed by atoms with Gasteiger partial charge in [-0.1, -0.05) is 0 Å². The molecule has 1 aliphatic carbocycles. The lowest BCUT2D eigenvalue weighted by molar-refractivity contribution is -0.189. The molecule has 1 heterocycles. The Balaban J connectivity index is 1.92. The quantitative estimate of drug-likeness (QED) is 0.868. The third kappa shape index (κ3) is 3.90. The van der Waals surface area contributed by atoms with E-state index in [0.29, 0.717) is 25.3 Å². The first-order valence-corrected chi connectivity index (χ1v) is 7.92. The van der Waals surface area contributed by atoms with E-state index in [1.54, 1.807) is 7.11 Å². The first-order valence-electron chi connectivity index (χ1n) is 7.92. The molecular weight excluding hydrogens is 281 g/mol. The molecule has 0 bridgehead atoms. The maximum atomic E-state index is 12.8. The zero-order valence-electron chi connectivity index (χ0n) is 12.8. The highest BCUT2D eigenvalue weighted by Crippen LogP contribution is 2.43. The summed E-state index contributed by atoms with van der Waals surface area (Å²) >= 11 is 0. The number of nitrogens with two attached hydrogens (primary N) is 1. The molecule has 6 heteroatoms. The van der Waals surface area contributed by atoms with Crippen LogP contribution in [0.15, 0.2) is 0 Å². The van der Waals surface area contributed by atoms with E-state index in [-0.39, 0.29) is 18.4 Å². The molecule has 2 rings (SSSR count). The monoisotopic (exact) mass is 308 g/mol. The van der Waals surface area contributed by atoms with E-state index in [1.807, 2.05) is 0 Å². The Morgan fingerprint density at radius 1 is 1.14 bits per heavy atom. The molecule has 3 nitrogen and oxygen atoms in total. The lowest BCUT2D eigenvalue weighted by Crippen LogP contribution is -2.58. The maximum Gasteiger partial charge on any atom is 0.391 e. The van der Waals surface area contributed by atoms with Gasteiger partial charge in [0.25, 0.3) is 0 Å². The van der Waals surface area contributed by atoms with Crippen LogP contribution >= 0.6 is 0 Å². The molecule has 0 atom stereocenters. The van der Waals surface area contributed by atoms with Gasteiger partial charge in [0, 0.05) is 25.8 Å². The van der Waals surface area contributed by atoms with Crippen LogP contribution in [0.2, 0.25) is 0 Å². The number of alkyl halides is 3. The highest BCUT2D eigenvalue weighted by atomic mass is 19.4. The number of nitrogens with zero attached hydrogens (tertiary/aromatic N) is 1. The van der Waals surface area contributed by atoms with Gasteiger partial charge in [-0.3, -0.25) is 4.90 Å². The summed E-state index contributed by atoms with van der Waals surface area (Å²) in [6, 6.07) is 0. The lowest BCUT2D eigenvalue weighted by atomic mass is 9.74. The highest BCUT2D eigenvalue weighted by Gasteiger charge is 2.47. The van der Waals surface area contributed by atoms with Crippen molar-refractivity contribution < 1.29 is 17.9 Å². The molecular formula is C15H27F3N2O. The summed E-state index contributed by atoms with van der Waals surface area (Å²) in [6.45, 7) is 3.11. The van der Waals surface area contributed by atoms with Crippen molar-refractivity contribution in [1.82, 2.24) is 4.90 Å². The number of rotatable bonds is 4. The van der Waals surface area contributed by atoms with Crippen molar-refractivity contribution in [3.05, 3.63) is 0 Å². The van der Waals surface area contributed by atoms with Gasteiger partial charge in [0.2, 0.25) is 0 Å². The number of halogens is 3. The Bertz CT molecular complexity index is 319. The van der Waals surface area contributed by atoms with Crippen LogP contribution in [0.1, 0.15) is 38.5 Å². The minimum atomic E-state index is -4.05. The standard InChI is InChI=1S/C15H27F3N2O/c1-21-10-12-4-8-20(9-5-12)14(11-19)6-2-13(3-7-14)15(16,17)18/h12-13H,2-11,19H2,1H3. The van der Waals surface area contributed by atoms with Gasteiger partial charge in [-0.2, -0.15) is 13.2 Å². The summed E-state index contributed by atoms with van der Waals surface area (Å²) in [5, 5.41) is 0. The second-order valence-electron chi connectivity index (χ2n) is 6.63. The zero-order valence-corrected chi connectivity index (χ0v) is 12.8. The second kappa shape index (κ2) is 6.84. The van der Waals surface area contributed by atoms with Gasteiger partial charge in [-0.15, -0.1) is 0 Å². The fraction of sp³-hybridized carbons (Fsp3) is 1.00. The summed E-state index contributed by atoms with van der Waals surface area (Å²) in [5.74, 6) is -0.559. The molecule has 0 aromatic heterocycles. The number of ether oxygens (including phenoxy) is 1. The van der Waals surface area contributed by atoms with Gasteiger partial charge in [0.05, 0.1) is 5.92 Å². The predicted octanol–water partition coefficient (Wildman–Crippen LogP) is 2.79. The topological polar surface area (TPSA) is 38.5 Å². The molecule has 2 fully saturated rings. The second-order valence-corrected chi connectivity index (χ2v) is 6.63. The molecule has 0 radical (unpaired) electrons. The van der Waals surface area contributed by atoms with E-state index < -0.39 is 12.1 Å². The number of piperidine rings is 1. The van der Waals surface area contributed by atoms with Gasteiger partial charge >= 0.3 is 6.18 Å². The van der Waals surface area contributed by atoms with Crippen molar-refractivity contribution in [3.8, 4) is 0 Å². The highest BCUT2D eigenvalue weighted by molar-refractivity contribution is 4.98. The van der Waals surface area contributed by atoms with Crippen LogP contribution in [0.3, 0.4) is 0 Å². The summed E-state index contributed by atoms with van der Waals surface area (Å²) < 4.78 is 43.6.